The van der Waals surface area contributed by atoms with Crippen LogP contribution in [0.4, 0.5) is 10.1 Å². The van der Waals surface area contributed by atoms with Crippen LogP contribution in [-0.4, -0.2) is 24.7 Å². The zero-order valence-corrected chi connectivity index (χ0v) is 8.17. The van der Waals surface area contributed by atoms with Crippen LogP contribution in [-0.2, 0) is 13.0 Å². The summed E-state index contributed by atoms with van der Waals surface area (Å²) >= 11 is 0. The highest BCUT2D eigenvalue weighted by Crippen LogP contribution is 2.23. The van der Waals surface area contributed by atoms with Crippen molar-refractivity contribution in [1.82, 2.24) is 4.90 Å². The zero-order valence-electron chi connectivity index (χ0n) is 8.17. The normalized spacial score (nSPS) is 16.6. The molecule has 0 aromatic heterocycles. The third-order valence-electron chi connectivity index (χ3n) is 2.78. The Balaban J connectivity index is 2.18. The Morgan fingerprint density at radius 1 is 1.43 bits per heavy atom. The number of alkyl halides is 1. The molecule has 1 aliphatic rings. The highest BCUT2D eigenvalue weighted by atomic mass is 19.1. The van der Waals surface area contributed by atoms with Crippen molar-refractivity contribution >= 4 is 5.69 Å². The molecule has 2 nitrogen and oxygen atoms in total. The molecule has 0 atom stereocenters. The van der Waals surface area contributed by atoms with E-state index in [1.54, 1.807) is 0 Å². The molecule has 0 radical (unpaired) electrons. The molecule has 0 unspecified atom stereocenters. The molecular weight excluding hydrogens is 179 g/mol. The minimum atomic E-state index is -0.266. The van der Waals surface area contributed by atoms with Gasteiger partial charge in [0.2, 0.25) is 0 Å². The molecule has 1 aromatic carbocycles. The first-order chi connectivity index (χ1) is 6.81. The van der Waals surface area contributed by atoms with Gasteiger partial charge in [-0.2, -0.15) is 0 Å². The van der Waals surface area contributed by atoms with Crippen molar-refractivity contribution in [3.63, 3.8) is 0 Å². The van der Waals surface area contributed by atoms with Gasteiger partial charge < -0.3 is 5.73 Å². The van der Waals surface area contributed by atoms with Gasteiger partial charge in [0, 0.05) is 25.3 Å². The van der Waals surface area contributed by atoms with E-state index >= 15 is 0 Å². The van der Waals surface area contributed by atoms with E-state index in [9.17, 15) is 4.39 Å². The summed E-state index contributed by atoms with van der Waals surface area (Å²) in [5.41, 5.74) is 9.25. The maximum Gasteiger partial charge on any atom is 0.102 e. The second-order valence-electron chi connectivity index (χ2n) is 3.70. The van der Waals surface area contributed by atoms with Crippen LogP contribution in [0.1, 0.15) is 11.1 Å². The van der Waals surface area contributed by atoms with Crippen LogP contribution >= 0.6 is 0 Å². The monoisotopic (exact) mass is 194 g/mol. The Morgan fingerprint density at radius 3 is 3.07 bits per heavy atom. The predicted molar refractivity (Wildman–Crippen MR) is 55.8 cm³/mol. The smallest absolute Gasteiger partial charge is 0.102 e. The maximum absolute atomic E-state index is 12.2. The first-order valence-electron chi connectivity index (χ1n) is 4.96. The lowest BCUT2D eigenvalue weighted by Crippen LogP contribution is -2.32. The van der Waals surface area contributed by atoms with Crippen molar-refractivity contribution in [2.45, 2.75) is 13.0 Å². The fraction of sp³-hybridized carbons (Fsp3) is 0.455. The second-order valence-corrected chi connectivity index (χ2v) is 3.70. The van der Waals surface area contributed by atoms with E-state index < -0.39 is 0 Å². The van der Waals surface area contributed by atoms with Gasteiger partial charge in [0.15, 0.2) is 0 Å². The maximum atomic E-state index is 12.2. The fourth-order valence-corrected chi connectivity index (χ4v) is 2.01. The summed E-state index contributed by atoms with van der Waals surface area (Å²) in [6.45, 7) is 2.03. The van der Waals surface area contributed by atoms with Crippen molar-refractivity contribution < 1.29 is 4.39 Å². The predicted octanol–water partition coefficient (Wildman–Crippen LogP) is 1.60. The van der Waals surface area contributed by atoms with Gasteiger partial charge in [-0.25, -0.2) is 4.39 Å². The summed E-state index contributed by atoms with van der Waals surface area (Å²) in [4.78, 5) is 2.13. The van der Waals surface area contributed by atoms with E-state index in [1.165, 1.54) is 11.1 Å². The van der Waals surface area contributed by atoms with Crippen LogP contribution in [0, 0.1) is 0 Å². The number of hydrogen-bond acceptors (Lipinski definition) is 2. The molecular formula is C11H15FN2. The molecule has 0 spiro atoms. The largest absolute Gasteiger partial charge is 0.398 e. The zero-order chi connectivity index (χ0) is 9.97. The number of halogens is 1. The fourth-order valence-electron chi connectivity index (χ4n) is 2.01. The molecule has 0 saturated heterocycles. The van der Waals surface area contributed by atoms with E-state index in [0.717, 1.165) is 25.2 Å². The van der Waals surface area contributed by atoms with E-state index in [4.69, 9.17) is 5.73 Å². The van der Waals surface area contributed by atoms with Crippen LogP contribution < -0.4 is 5.73 Å². The standard InChI is InChI=1S/C11H15FN2/c12-5-7-14-6-4-10-9(8-14)2-1-3-11(10)13/h1-3H,4-8,13H2. The number of nitrogens with zero attached hydrogens (tertiary/aromatic N) is 1. The molecule has 14 heavy (non-hydrogen) atoms. The molecule has 0 bridgehead atoms. The summed E-state index contributed by atoms with van der Waals surface area (Å²) in [6.07, 6.45) is 0.946. The van der Waals surface area contributed by atoms with E-state index in [2.05, 4.69) is 11.0 Å². The van der Waals surface area contributed by atoms with E-state index in [0.29, 0.717) is 6.54 Å². The van der Waals surface area contributed by atoms with Gasteiger partial charge in [-0.05, 0) is 23.6 Å². The molecule has 0 amide bonds. The Hall–Kier alpha value is -1.09. The highest BCUT2D eigenvalue weighted by Gasteiger charge is 2.16. The molecule has 2 rings (SSSR count). The van der Waals surface area contributed by atoms with Crippen LogP contribution in [0.15, 0.2) is 18.2 Å². The topological polar surface area (TPSA) is 29.3 Å². The van der Waals surface area contributed by atoms with E-state index in [-0.39, 0.29) is 6.67 Å². The molecule has 1 aromatic rings. The summed E-state index contributed by atoms with van der Waals surface area (Å²) < 4.78 is 12.2. The molecule has 76 valence electrons. The van der Waals surface area contributed by atoms with Crippen LogP contribution in [0.25, 0.3) is 0 Å². The number of benzene rings is 1. The summed E-state index contributed by atoms with van der Waals surface area (Å²) in [5.74, 6) is 0. The number of nitrogens with two attached hydrogens (primary N) is 1. The van der Waals surface area contributed by atoms with Gasteiger partial charge in [0.05, 0.1) is 0 Å². The SMILES string of the molecule is Nc1cccc2c1CCN(CCF)C2. The van der Waals surface area contributed by atoms with Crippen LogP contribution in [0.3, 0.4) is 0 Å². The molecule has 0 saturated carbocycles. The van der Waals surface area contributed by atoms with Gasteiger partial charge >= 0.3 is 0 Å². The molecule has 1 aliphatic heterocycles. The first-order valence-corrected chi connectivity index (χ1v) is 4.96. The van der Waals surface area contributed by atoms with Gasteiger partial charge in [0.25, 0.3) is 0 Å². The number of anilines is 1. The Labute approximate surface area is 83.5 Å². The lowest BCUT2D eigenvalue weighted by molar-refractivity contribution is 0.231. The van der Waals surface area contributed by atoms with Crippen LogP contribution in [0.2, 0.25) is 0 Å². The van der Waals surface area contributed by atoms with Crippen LogP contribution in [0.5, 0.6) is 0 Å². The minimum absolute atomic E-state index is 0.266. The van der Waals surface area contributed by atoms with Crippen molar-refractivity contribution in [2.24, 2.45) is 0 Å². The number of rotatable bonds is 2. The van der Waals surface area contributed by atoms with Crippen molar-refractivity contribution in [3.8, 4) is 0 Å². The van der Waals surface area contributed by atoms with E-state index in [1.807, 2.05) is 12.1 Å². The summed E-state index contributed by atoms with van der Waals surface area (Å²) in [6, 6.07) is 5.98. The molecule has 2 N–H and O–H groups in total. The van der Waals surface area contributed by atoms with Crippen molar-refractivity contribution in [3.05, 3.63) is 29.3 Å². The molecule has 1 heterocycles. The Kier molecular flexibility index (Phi) is 2.68. The molecule has 3 heteroatoms. The van der Waals surface area contributed by atoms with Crippen molar-refractivity contribution in [1.29, 1.82) is 0 Å². The quantitative estimate of drug-likeness (QED) is 0.724. The average molecular weight is 194 g/mol. The van der Waals surface area contributed by atoms with Gasteiger partial charge in [-0.15, -0.1) is 0 Å². The first kappa shape index (κ1) is 9.46. The molecule has 0 fully saturated rings. The summed E-state index contributed by atoms with van der Waals surface area (Å²) in [5, 5.41) is 0. The van der Waals surface area contributed by atoms with Gasteiger partial charge in [-0.1, -0.05) is 12.1 Å². The Morgan fingerprint density at radius 2 is 2.29 bits per heavy atom. The highest BCUT2D eigenvalue weighted by molar-refractivity contribution is 5.51. The Bertz CT molecular complexity index is 325. The summed E-state index contributed by atoms with van der Waals surface area (Å²) in [7, 11) is 0. The van der Waals surface area contributed by atoms with Gasteiger partial charge in [0.1, 0.15) is 6.67 Å². The average Bonchev–Trinajstić information content (AvgIpc) is 2.18. The number of nitrogen functional groups attached to an aromatic ring is 1. The van der Waals surface area contributed by atoms with Gasteiger partial charge in [-0.3, -0.25) is 4.90 Å². The number of hydrogen-bond donors (Lipinski definition) is 1. The van der Waals surface area contributed by atoms with Crippen molar-refractivity contribution in [2.75, 3.05) is 25.5 Å². The third-order valence-corrected chi connectivity index (χ3v) is 2.78. The second kappa shape index (κ2) is 3.96. The third kappa shape index (κ3) is 1.73. The molecule has 0 aliphatic carbocycles. The minimum Gasteiger partial charge on any atom is -0.398 e. The lowest BCUT2D eigenvalue weighted by Gasteiger charge is -2.28. The lowest BCUT2D eigenvalue weighted by atomic mass is 9.98. The number of fused-ring (bicyclic) bond motifs is 1.